The number of carbonyl (C=O) groups is 2. The predicted molar refractivity (Wildman–Crippen MR) is 75.7 cm³/mol. The van der Waals surface area contributed by atoms with E-state index in [2.05, 4.69) is 5.32 Å². The Morgan fingerprint density at radius 3 is 2.40 bits per heavy atom. The molecule has 0 aliphatic rings. The normalized spacial score (nSPS) is 11.7. The van der Waals surface area contributed by atoms with Crippen molar-refractivity contribution in [3.63, 3.8) is 0 Å². The maximum absolute atomic E-state index is 11.7. The minimum absolute atomic E-state index is 0.168. The van der Waals surface area contributed by atoms with Gasteiger partial charge >= 0.3 is 5.97 Å². The summed E-state index contributed by atoms with van der Waals surface area (Å²) in [6.07, 6.45) is 0.737. The Balaban J connectivity index is 2.43. The Morgan fingerprint density at radius 2 is 1.90 bits per heavy atom. The van der Waals surface area contributed by atoms with Gasteiger partial charge in [0.2, 0.25) is 5.91 Å². The molecule has 5 nitrogen and oxygen atoms in total. The molecule has 0 aliphatic heterocycles. The molecule has 1 rings (SSSR count). The summed E-state index contributed by atoms with van der Waals surface area (Å²) in [6, 6.07) is 7.30. The minimum atomic E-state index is -0.881. The second-order valence-corrected chi connectivity index (χ2v) is 4.50. The highest BCUT2D eigenvalue weighted by molar-refractivity contribution is 5.79. The fourth-order valence-corrected chi connectivity index (χ4v) is 1.76. The van der Waals surface area contributed by atoms with E-state index in [0.717, 1.165) is 11.3 Å². The van der Waals surface area contributed by atoms with Crippen LogP contribution in [0.2, 0.25) is 0 Å². The molecule has 0 fully saturated rings. The molecule has 1 unspecified atom stereocenters. The highest BCUT2D eigenvalue weighted by atomic mass is 16.5. The van der Waals surface area contributed by atoms with Crippen molar-refractivity contribution in [1.82, 2.24) is 5.32 Å². The summed E-state index contributed by atoms with van der Waals surface area (Å²) in [5, 5.41) is 11.5. The van der Waals surface area contributed by atoms with Crippen LogP contribution in [0.3, 0.4) is 0 Å². The molecule has 1 aromatic carbocycles. The highest BCUT2D eigenvalue weighted by Gasteiger charge is 2.15. The zero-order chi connectivity index (χ0) is 15.0. The number of carboxylic acids is 1. The van der Waals surface area contributed by atoms with Crippen molar-refractivity contribution in [3.05, 3.63) is 29.8 Å². The number of carboxylic acid groups (broad SMARTS) is 1. The van der Waals surface area contributed by atoms with Crippen molar-refractivity contribution in [2.75, 3.05) is 13.2 Å². The molecule has 110 valence electrons. The Bertz CT molecular complexity index is 442. The molecule has 0 heterocycles. The SMILES string of the molecule is CCOc1ccc(CC(=O)NCC(CC)C(=O)O)cc1. The van der Waals surface area contributed by atoms with Gasteiger partial charge in [-0.15, -0.1) is 0 Å². The number of hydrogen-bond donors (Lipinski definition) is 2. The van der Waals surface area contributed by atoms with E-state index in [9.17, 15) is 9.59 Å². The molecule has 5 heteroatoms. The Labute approximate surface area is 118 Å². The van der Waals surface area contributed by atoms with Crippen molar-refractivity contribution in [1.29, 1.82) is 0 Å². The molecular formula is C15H21NO4. The topological polar surface area (TPSA) is 75.6 Å². The number of rotatable bonds is 8. The van der Waals surface area contributed by atoms with E-state index in [1.54, 1.807) is 6.92 Å². The van der Waals surface area contributed by atoms with Crippen molar-refractivity contribution in [2.45, 2.75) is 26.7 Å². The summed E-state index contributed by atoms with van der Waals surface area (Å²) >= 11 is 0. The smallest absolute Gasteiger partial charge is 0.308 e. The van der Waals surface area contributed by atoms with Gasteiger partial charge in [0.15, 0.2) is 0 Å². The molecule has 2 N–H and O–H groups in total. The zero-order valence-corrected chi connectivity index (χ0v) is 11.9. The van der Waals surface area contributed by atoms with E-state index >= 15 is 0 Å². The molecule has 0 aliphatic carbocycles. The molecule has 20 heavy (non-hydrogen) atoms. The molecule has 1 aromatic rings. The summed E-state index contributed by atoms with van der Waals surface area (Å²) in [5.74, 6) is -0.810. The van der Waals surface area contributed by atoms with Gasteiger partial charge in [0, 0.05) is 6.54 Å². The van der Waals surface area contributed by atoms with Gasteiger partial charge < -0.3 is 15.2 Å². The van der Waals surface area contributed by atoms with Crippen LogP contribution < -0.4 is 10.1 Å². The molecule has 0 radical (unpaired) electrons. The van der Waals surface area contributed by atoms with Crippen LogP contribution in [0, 0.1) is 5.92 Å². The number of nitrogens with one attached hydrogen (secondary N) is 1. The minimum Gasteiger partial charge on any atom is -0.494 e. The summed E-state index contributed by atoms with van der Waals surface area (Å²) < 4.78 is 5.32. The van der Waals surface area contributed by atoms with E-state index in [0.29, 0.717) is 13.0 Å². The molecule has 0 bridgehead atoms. The first-order valence-electron chi connectivity index (χ1n) is 6.78. The fourth-order valence-electron chi connectivity index (χ4n) is 1.76. The number of aliphatic carboxylic acids is 1. The van der Waals surface area contributed by atoms with Gasteiger partial charge in [0.05, 0.1) is 18.9 Å². The van der Waals surface area contributed by atoms with Gasteiger partial charge in [0.25, 0.3) is 0 Å². The van der Waals surface area contributed by atoms with Crippen LogP contribution in [0.5, 0.6) is 5.75 Å². The van der Waals surface area contributed by atoms with Crippen molar-refractivity contribution >= 4 is 11.9 Å². The average molecular weight is 279 g/mol. The standard InChI is InChI=1S/C15H21NO4/c1-3-12(15(18)19)10-16-14(17)9-11-5-7-13(8-6-11)20-4-2/h5-8,12H,3-4,9-10H2,1-2H3,(H,16,17)(H,18,19). The van der Waals surface area contributed by atoms with Crippen LogP contribution in [-0.4, -0.2) is 30.1 Å². The highest BCUT2D eigenvalue weighted by Crippen LogP contribution is 2.12. The van der Waals surface area contributed by atoms with Crippen molar-refractivity contribution in [2.24, 2.45) is 5.92 Å². The summed E-state index contributed by atoms with van der Waals surface area (Å²) in [4.78, 5) is 22.6. The van der Waals surface area contributed by atoms with Crippen LogP contribution in [0.4, 0.5) is 0 Å². The molecule has 0 saturated carbocycles. The Morgan fingerprint density at radius 1 is 1.25 bits per heavy atom. The van der Waals surface area contributed by atoms with Gasteiger partial charge in [-0.25, -0.2) is 0 Å². The number of hydrogen-bond acceptors (Lipinski definition) is 3. The molecular weight excluding hydrogens is 258 g/mol. The summed E-state index contributed by atoms with van der Waals surface area (Å²) in [5.41, 5.74) is 0.870. The van der Waals surface area contributed by atoms with Crippen LogP contribution in [0.25, 0.3) is 0 Å². The quantitative estimate of drug-likeness (QED) is 0.761. The third-order valence-electron chi connectivity index (χ3n) is 2.99. The van der Waals surface area contributed by atoms with E-state index in [1.165, 1.54) is 0 Å². The molecule has 0 aromatic heterocycles. The maximum atomic E-state index is 11.7. The first-order valence-corrected chi connectivity index (χ1v) is 6.78. The van der Waals surface area contributed by atoms with Crippen LogP contribution in [0.15, 0.2) is 24.3 Å². The third-order valence-corrected chi connectivity index (χ3v) is 2.99. The van der Waals surface area contributed by atoms with Gasteiger partial charge in [-0.2, -0.15) is 0 Å². The number of benzene rings is 1. The molecule has 0 saturated heterocycles. The molecule has 1 amide bonds. The summed E-state index contributed by atoms with van der Waals surface area (Å²) in [6.45, 7) is 4.47. The lowest BCUT2D eigenvalue weighted by molar-refractivity contribution is -0.141. The number of carbonyl (C=O) groups excluding carboxylic acids is 1. The summed E-state index contributed by atoms with van der Waals surface area (Å²) in [7, 11) is 0. The average Bonchev–Trinajstić information content (AvgIpc) is 2.41. The van der Waals surface area contributed by atoms with Crippen LogP contribution >= 0.6 is 0 Å². The lowest BCUT2D eigenvalue weighted by atomic mass is 10.1. The lowest BCUT2D eigenvalue weighted by Crippen LogP contribution is -2.33. The monoisotopic (exact) mass is 279 g/mol. The van der Waals surface area contributed by atoms with E-state index < -0.39 is 11.9 Å². The van der Waals surface area contributed by atoms with Crippen LogP contribution in [-0.2, 0) is 16.0 Å². The molecule has 1 atom stereocenters. The second kappa shape index (κ2) is 8.19. The number of amides is 1. The predicted octanol–water partition coefficient (Wildman–Crippen LogP) is 1.85. The number of ether oxygens (including phenoxy) is 1. The second-order valence-electron chi connectivity index (χ2n) is 4.50. The largest absolute Gasteiger partial charge is 0.494 e. The van der Waals surface area contributed by atoms with Gasteiger partial charge in [-0.05, 0) is 31.0 Å². The van der Waals surface area contributed by atoms with Gasteiger partial charge in [-0.3, -0.25) is 9.59 Å². The Kier molecular flexibility index (Phi) is 6.56. The van der Waals surface area contributed by atoms with E-state index in [-0.39, 0.29) is 18.9 Å². The zero-order valence-electron chi connectivity index (χ0n) is 11.9. The van der Waals surface area contributed by atoms with E-state index in [1.807, 2.05) is 31.2 Å². The maximum Gasteiger partial charge on any atom is 0.308 e. The first kappa shape index (κ1) is 16.0. The van der Waals surface area contributed by atoms with Crippen LogP contribution in [0.1, 0.15) is 25.8 Å². The fraction of sp³-hybridized carbons (Fsp3) is 0.467. The lowest BCUT2D eigenvalue weighted by Gasteiger charge is -2.11. The third kappa shape index (κ3) is 5.30. The van der Waals surface area contributed by atoms with Crippen molar-refractivity contribution in [3.8, 4) is 5.75 Å². The van der Waals surface area contributed by atoms with E-state index in [4.69, 9.17) is 9.84 Å². The van der Waals surface area contributed by atoms with Gasteiger partial charge in [-0.1, -0.05) is 19.1 Å². The Hall–Kier alpha value is -2.04. The molecule has 0 spiro atoms. The van der Waals surface area contributed by atoms with Crippen molar-refractivity contribution < 1.29 is 19.4 Å². The first-order chi connectivity index (χ1) is 9.56. The van der Waals surface area contributed by atoms with Gasteiger partial charge in [0.1, 0.15) is 5.75 Å².